The SMILES string of the molecule is O=C(C1=C(C(=O)c2ccccc2)N=CCC1)c1ccccc1. The maximum atomic E-state index is 12.7. The molecule has 0 radical (unpaired) electrons. The maximum Gasteiger partial charge on any atom is 0.211 e. The van der Waals surface area contributed by atoms with Gasteiger partial charge in [-0.2, -0.15) is 0 Å². The van der Waals surface area contributed by atoms with Crippen LogP contribution in [0.4, 0.5) is 0 Å². The monoisotopic (exact) mass is 289 g/mol. The lowest BCUT2D eigenvalue weighted by atomic mass is 9.93. The first-order chi connectivity index (χ1) is 10.8. The summed E-state index contributed by atoms with van der Waals surface area (Å²) in [6.45, 7) is 0. The van der Waals surface area contributed by atoms with Crippen molar-refractivity contribution in [3.8, 4) is 0 Å². The number of ketones is 2. The Morgan fingerprint density at radius 1 is 0.773 bits per heavy atom. The predicted octanol–water partition coefficient (Wildman–Crippen LogP) is 3.87. The molecule has 1 aliphatic heterocycles. The van der Waals surface area contributed by atoms with Gasteiger partial charge in [0.25, 0.3) is 0 Å². The molecule has 0 fully saturated rings. The topological polar surface area (TPSA) is 46.5 Å². The van der Waals surface area contributed by atoms with Crippen molar-refractivity contribution < 1.29 is 9.59 Å². The largest absolute Gasteiger partial charge is 0.289 e. The molecule has 0 bridgehead atoms. The molecule has 3 heteroatoms. The molecule has 3 rings (SSSR count). The van der Waals surface area contributed by atoms with Crippen molar-refractivity contribution >= 4 is 17.8 Å². The van der Waals surface area contributed by atoms with Crippen molar-refractivity contribution in [3.05, 3.63) is 83.1 Å². The van der Waals surface area contributed by atoms with Gasteiger partial charge in [-0.15, -0.1) is 0 Å². The predicted molar refractivity (Wildman–Crippen MR) is 86.3 cm³/mol. The molecule has 2 aromatic rings. The van der Waals surface area contributed by atoms with Crippen molar-refractivity contribution in [1.29, 1.82) is 0 Å². The minimum Gasteiger partial charge on any atom is -0.289 e. The van der Waals surface area contributed by atoms with Crippen LogP contribution in [0.5, 0.6) is 0 Å². The fraction of sp³-hybridized carbons (Fsp3) is 0.105. The van der Waals surface area contributed by atoms with Crippen molar-refractivity contribution in [2.75, 3.05) is 0 Å². The lowest BCUT2D eigenvalue weighted by Crippen LogP contribution is -2.15. The van der Waals surface area contributed by atoms with Gasteiger partial charge in [0, 0.05) is 22.9 Å². The number of hydrogen-bond donors (Lipinski definition) is 0. The average molecular weight is 289 g/mol. The summed E-state index contributed by atoms with van der Waals surface area (Å²) in [6.07, 6.45) is 2.93. The van der Waals surface area contributed by atoms with Crippen molar-refractivity contribution in [3.63, 3.8) is 0 Å². The summed E-state index contributed by atoms with van der Waals surface area (Å²) in [5, 5.41) is 0. The van der Waals surface area contributed by atoms with Crippen LogP contribution in [0.1, 0.15) is 33.6 Å². The van der Waals surface area contributed by atoms with E-state index >= 15 is 0 Å². The lowest BCUT2D eigenvalue weighted by Gasteiger charge is -2.13. The number of Topliss-reactive ketones (excluding diaryl/α,β-unsaturated/α-hetero) is 2. The summed E-state index contributed by atoms with van der Waals surface area (Å²) in [4.78, 5) is 29.5. The van der Waals surface area contributed by atoms with Gasteiger partial charge in [0.05, 0.1) is 0 Å². The third-order valence-corrected chi connectivity index (χ3v) is 3.59. The smallest absolute Gasteiger partial charge is 0.211 e. The van der Waals surface area contributed by atoms with Crippen LogP contribution in [0, 0.1) is 0 Å². The van der Waals surface area contributed by atoms with Gasteiger partial charge in [-0.3, -0.25) is 14.6 Å². The average Bonchev–Trinajstić information content (AvgIpc) is 2.62. The van der Waals surface area contributed by atoms with E-state index in [1.165, 1.54) is 0 Å². The highest BCUT2D eigenvalue weighted by atomic mass is 16.1. The summed E-state index contributed by atoms with van der Waals surface area (Å²) in [6, 6.07) is 18.0. The van der Waals surface area contributed by atoms with E-state index in [1.54, 1.807) is 42.6 Å². The summed E-state index contributed by atoms with van der Waals surface area (Å²) < 4.78 is 0. The molecule has 0 amide bonds. The van der Waals surface area contributed by atoms with E-state index in [0.717, 1.165) is 0 Å². The molecule has 0 saturated carbocycles. The molecule has 0 spiro atoms. The van der Waals surface area contributed by atoms with E-state index in [1.807, 2.05) is 24.3 Å². The van der Waals surface area contributed by atoms with Crippen LogP contribution in [-0.2, 0) is 0 Å². The molecule has 0 N–H and O–H groups in total. The number of carbonyl (C=O) groups excluding carboxylic acids is 2. The standard InChI is InChI=1S/C19H15NO2/c21-18(14-8-3-1-4-9-14)16-12-7-13-20-17(16)19(22)15-10-5-2-6-11-15/h1-6,8-11,13H,7,12H2. The van der Waals surface area contributed by atoms with Crippen LogP contribution in [0.2, 0.25) is 0 Å². The fourth-order valence-electron chi connectivity index (χ4n) is 2.47. The second kappa shape index (κ2) is 6.31. The third kappa shape index (κ3) is 2.79. The van der Waals surface area contributed by atoms with Gasteiger partial charge >= 0.3 is 0 Å². The highest BCUT2D eigenvalue weighted by Crippen LogP contribution is 2.24. The molecule has 2 aromatic carbocycles. The van der Waals surface area contributed by atoms with Crippen molar-refractivity contribution in [2.45, 2.75) is 12.8 Å². The molecule has 22 heavy (non-hydrogen) atoms. The van der Waals surface area contributed by atoms with Crippen LogP contribution in [0.3, 0.4) is 0 Å². The highest BCUT2D eigenvalue weighted by Gasteiger charge is 2.24. The van der Waals surface area contributed by atoms with Gasteiger partial charge < -0.3 is 0 Å². The number of carbonyl (C=O) groups is 2. The number of rotatable bonds is 4. The van der Waals surface area contributed by atoms with E-state index < -0.39 is 0 Å². The summed E-state index contributed by atoms with van der Waals surface area (Å²) >= 11 is 0. The molecule has 0 aromatic heterocycles. The Balaban J connectivity index is 2.02. The zero-order valence-corrected chi connectivity index (χ0v) is 12.0. The molecule has 0 aliphatic carbocycles. The Morgan fingerprint density at radius 2 is 1.32 bits per heavy atom. The summed E-state index contributed by atoms with van der Waals surface area (Å²) in [7, 11) is 0. The molecular weight excluding hydrogens is 274 g/mol. The first kappa shape index (κ1) is 14.1. The third-order valence-electron chi connectivity index (χ3n) is 3.59. The summed E-state index contributed by atoms with van der Waals surface area (Å²) in [5.74, 6) is -0.312. The Hall–Kier alpha value is -2.81. The van der Waals surface area contributed by atoms with Gasteiger partial charge in [0.2, 0.25) is 5.78 Å². The molecule has 0 atom stereocenters. The molecule has 3 nitrogen and oxygen atoms in total. The van der Waals surface area contributed by atoms with Gasteiger partial charge in [-0.05, 0) is 12.8 Å². The van der Waals surface area contributed by atoms with E-state index in [-0.39, 0.29) is 17.3 Å². The van der Waals surface area contributed by atoms with E-state index in [9.17, 15) is 9.59 Å². The molecular formula is C19H15NO2. The number of allylic oxidation sites excluding steroid dienone is 2. The molecule has 1 heterocycles. The number of benzene rings is 2. The van der Waals surface area contributed by atoms with Crippen molar-refractivity contribution in [1.82, 2.24) is 0 Å². The van der Waals surface area contributed by atoms with Crippen LogP contribution >= 0.6 is 0 Å². The number of hydrogen-bond acceptors (Lipinski definition) is 3. The fourth-order valence-corrected chi connectivity index (χ4v) is 2.47. The van der Waals surface area contributed by atoms with Crippen LogP contribution in [0.25, 0.3) is 0 Å². The molecule has 0 unspecified atom stereocenters. The Morgan fingerprint density at radius 3 is 1.91 bits per heavy atom. The van der Waals surface area contributed by atoms with Crippen LogP contribution < -0.4 is 0 Å². The second-order valence-electron chi connectivity index (χ2n) is 5.07. The van der Waals surface area contributed by atoms with E-state index in [2.05, 4.69) is 4.99 Å². The quantitative estimate of drug-likeness (QED) is 0.802. The Kier molecular flexibility index (Phi) is 4.05. The van der Waals surface area contributed by atoms with E-state index in [4.69, 9.17) is 0 Å². The zero-order valence-electron chi connectivity index (χ0n) is 12.0. The zero-order chi connectivity index (χ0) is 15.4. The number of nitrogens with zero attached hydrogens (tertiary/aromatic N) is 1. The Labute approximate surface area is 129 Å². The summed E-state index contributed by atoms with van der Waals surface area (Å²) in [5.41, 5.74) is 1.91. The van der Waals surface area contributed by atoms with Crippen LogP contribution in [-0.4, -0.2) is 17.8 Å². The Bertz CT molecular complexity index is 759. The van der Waals surface area contributed by atoms with Gasteiger partial charge in [-0.1, -0.05) is 60.7 Å². The lowest BCUT2D eigenvalue weighted by molar-refractivity contribution is 0.0994. The number of aliphatic imine (C=N–C) groups is 1. The first-order valence-corrected chi connectivity index (χ1v) is 7.22. The van der Waals surface area contributed by atoms with E-state index in [0.29, 0.717) is 29.5 Å². The molecule has 108 valence electrons. The van der Waals surface area contributed by atoms with Gasteiger partial charge in [-0.25, -0.2) is 0 Å². The second-order valence-corrected chi connectivity index (χ2v) is 5.07. The van der Waals surface area contributed by atoms with Gasteiger partial charge in [0.15, 0.2) is 5.78 Å². The minimum absolute atomic E-state index is 0.114. The molecule has 1 aliphatic rings. The first-order valence-electron chi connectivity index (χ1n) is 7.22. The van der Waals surface area contributed by atoms with Crippen molar-refractivity contribution in [2.24, 2.45) is 4.99 Å². The van der Waals surface area contributed by atoms with Gasteiger partial charge in [0.1, 0.15) is 5.70 Å². The minimum atomic E-state index is -0.198. The maximum absolute atomic E-state index is 12.7. The molecule has 0 saturated heterocycles. The van der Waals surface area contributed by atoms with Crippen LogP contribution in [0.15, 0.2) is 76.9 Å². The normalized spacial score (nSPS) is 14.0. The highest BCUT2D eigenvalue weighted by molar-refractivity contribution is 6.18.